The summed E-state index contributed by atoms with van der Waals surface area (Å²) in [4.78, 5) is 49.6. The lowest BCUT2D eigenvalue weighted by Gasteiger charge is -2.12. The highest BCUT2D eigenvalue weighted by Gasteiger charge is 2.36. The summed E-state index contributed by atoms with van der Waals surface area (Å²) in [5.74, 6) is -0.881. The molecule has 0 unspecified atom stereocenters. The summed E-state index contributed by atoms with van der Waals surface area (Å²) in [5.41, 5.74) is 3.95. The van der Waals surface area contributed by atoms with E-state index in [1.165, 1.54) is 18.2 Å². The fourth-order valence-corrected chi connectivity index (χ4v) is 4.89. The van der Waals surface area contributed by atoms with Gasteiger partial charge in [0.15, 0.2) is 0 Å². The number of aromatic nitrogens is 1. The van der Waals surface area contributed by atoms with Crippen LogP contribution in [-0.4, -0.2) is 38.1 Å². The number of ether oxygens (including phenoxy) is 1. The van der Waals surface area contributed by atoms with Crippen LogP contribution in [0, 0.1) is 24.0 Å². The van der Waals surface area contributed by atoms with Crippen molar-refractivity contribution in [3.8, 4) is 5.69 Å². The number of nitrogens with zero attached hydrogens (tertiary/aromatic N) is 3. The summed E-state index contributed by atoms with van der Waals surface area (Å²) in [6, 6.07) is 15.0. The number of esters is 1. The maximum absolute atomic E-state index is 13.0. The molecule has 1 aliphatic rings. The molecule has 3 aromatic rings. The molecule has 2 aromatic carbocycles. The van der Waals surface area contributed by atoms with Gasteiger partial charge in [0.1, 0.15) is 0 Å². The third-order valence-electron chi connectivity index (χ3n) is 5.78. The number of aryl methyl sites for hydroxylation is 1. The first-order valence-electron chi connectivity index (χ1n) is 11.2. The van der Waals surface area contributed by atoms with Crippen LogP contribution in [0.25, 0.3) is 11.8 Å². The van der Waals surface area contributed by atoms with Crippen molar-refractivity contribution in [2.45, 2.75) is 27.3 Å². The fraction of sp³-hybridized carbons (Fsp3) is 0.192. The number of rotatable bonds is 7. The number of carbonyl (C=O) groups is 3. The van der Waals surface area contributed by atoms with Crippen molar-refractivity contribution in [2.75, 3.05) is 6.61 Å². The van der Waals surface area contributed by atoms with Gasteiger partial charge in [0.25, 0.3) is 16.8 Å². The molecule has 1 saturated heterocycles. The van der Waals surface area contributed by atoms with Crippen molar-refractivity contribution in [3.05, 3.63) is 97.7 Å². The number of nitro groups is 1. The van der Waals surface area contributed by atoms with E-state index in [0.717, 1.165) is 39.3 Å². The molecule has 2 heterocycles. The standard InChI is InChI=1S/C26H23N3O6S/c1-4-35-25(31)18-9-11-21(12-10-18)28-16(2)13-20(17(28)3)14-23-24(30)27(26(32)36-23)15-19-7-5-6-8-22(19)29(33)34/h5-14H,4,15H2,1-3H3/b23-14-. The molecule has 1 aromatic heterocycles. The van der Waals surface area contributed by atoms with Gasteiger partial charge in [-0.15, -0.1) is 0 Å². The number of carbonyl (C=O) groups excluding carboxylic acids is 3. The van der Waals surface area contributed by atoms with Gasteiger partial charge >= 0.3 is 5.97 Å². The number of nitro benzene ring substituents is 1. The van der Waals surface area contributed by atoms with Crippen molar-refractivity contribution in [1.29, 1.82) is 0 Å². The van der Waals surface area contributed by atoms with E-state index in [1.807, 2.05) is 36.6 Å². The second-order valence-electron chi connectivity index (χ2n) is 8.08. The minimum atomic E-state index is -0.529. The Kier molecular flexibility index (Phi) is 7.07. The number of thioether (sulfide) groups is 1. The Morgan fingerprint density at radius 3 is 2.47 bits per heavy atom. The van der Waals surface area contributed by atoms with Crippen molar-refractivity contribution in [3.63, 3.8) is 0 Å². The number of amides is 2. The fourth-order valence-electron chi connectivity index (χ4n) is 4.06. The first kappa shape index (κ1) is 24.9. The van der Waals surface area contributed by atoms with Gasteiger partial charge in [-0.25, -0.2) is 4.79 Å². The van der Waals surface area contributed by atoms with Crippen molar-refractivity contribution in [1.82, 2.24) is 9.47 Å². The van der Waals surface area contributed by atoms with E-state index in [1.54, 1.807) is 31.2 Å². The van der Waals surface area contributed by atoms with Crippen LogP contribution in [0.15, 0.2) is 59.5 Å². The Hall–Kier alpha value is -4.18. The van der Waals surface area contributed by atoms with Gasteiger partial charge in [-0.3, -0.25) is 24.6 Å². The molecule has 9 nitrogen and oxygen atoms in total. The Morgan fingerprint density at radius 1 is 1.11 bits per heavy atom. The zero-order valence-corrected chi connectivity index (χ0v) is 20.7. The van der Waals surface area contributed by atoms with Crippen LogP contribution in [0.1, 0.15) is 39.8 Å². The van der Waals surface area contributed by atoms with Crippen LogP contribution in [0.4, 0.5) is 10.5 Å². The van der Waals surface area contributed by atoms with E-state index >= 15 is 0 Å². The molecule has 0 spiro atoms. The zero-order chi connectivity index (χ0) is 26.0. The molecule has 184 valence electrons. The lowest BCUT2D eigenvalue weighted by Crippen LogP contribution is -2.27. The third-order valence-corrected chi connectivity index (χ3v) is 6.69. The Labute approximate surface area is 211 Å². The van der Waals surface area contributed by atoms with E-state index in [-0.39, 0.29) is 28.7 Å². The molecular formula is C26H23N3O6S. The molecule has 0 aliphatic carbocycles. The lowest BCUT2D eigenvalue weighted by atomic mass is 10.1. The van der Waals surface area contributed by atoms with Crippen LogP contribution in [-0.2, 0) is 16.1 Å². The lowest BCUT2D eigenvalue weighted by molar-refractivity contribution is -0.385. The van der Waals surface area contributed by atoms with Crippen LogP contribution >= 0.6 is 11.8 Å². The van der Waals surface area contributed by atoms with Gasteiger partial charge in [-0.1, -0.05) is 18.2 Å². The van der Waals surface area contributed by atoms with Gasteiger partial charge in [0, 0.05) is 28.7 Å². The van der Waals surface area contributed by atoms with Crippen LogP contribution < -0.4 is 0 Å². The monoisotopic (exact) mass is 505 g/mol. The number of imide groups is 1. The summed E-state index contributed by atoms with van der Waals surface area (Å²) in [5, 5.41) is 10.8. The average molecular weight is 506 g/mol. The summed E-state index contributed by atoms with van der Waals surface area (Å²) >= 11 is 0.808. The van der Waals surface area contributed by atoms with Gasteiger partial charge in [0.2, 0.25) is 0 Å². The van der Waals surface area contributed by atoms with E-state index in [2.05, 4.69) is 0 Å². The maximum Gasteiger partial charge on any atom is 0.338 e. The van der Waals surface area contributed by atoms with E-state index in [9.17, 15) is 24.5 Å². The number of hydrogen-bond donors (Lipinski definition) is 0. The number of benzene rings is 2. The molecule has 1 fully saturated rings. The molecule has 36 heavy (non-hydrogen) atoms. The molecule has 4 rings (SSSR count). The number of hydrogen-bond acceptors (Lipinski definition) is 7. The van der Waals surface area contributed by atoms with Gasteiger partial charge < -0.3 is 9.30 Å². The summed E-state index contributed by atoms with van der Waals surface area (Å²) in [6.45, 7) is 5.69. The van der Waals surface area contributed by atoms with Gasteiger partial charge in [-0.05, 0) is 74.5 Å². The SMILES string of the molecule is CCOC(=O)c1ccc(-n2c(C)cc(/C=C3\SC(=O)N(Cc4ccccc4[N+](=O)[O-])C3=O)c2C)cc1. The van der Waals surface area contributed by atoms with E-state index in [4.69, 9.17) is 4.74 Å². The molecule has 2 amide bonds. The smallest absolute Gasteiger partial charge is 0.338 e. The van der Waals surface area contributed by atoms with Gasteiger partial charge in [-0.2, -0.15) is 0 Å². The highest BCUT2D eigenvalue weighted by molar-refractivity contribution is 8.18. The maximum atomic E-state index is 13.0. The highest BCUT2D eigenvalue weighted by atomic mass is 32.2. The second-order valence-corrected chi connectivity index (χ2v) is 9.08. The van der Waals surface area contributed by atoms with E-state index in [0.29, 0.717) is 12.2 Å². The minimum absolute atomic E-state index is 0.141. The van der Waals surface area contributed by atoms with Crippen LogP contribution in [0.3, 0.4) is 0 Å². The van der Waals surface area contributed by atoms with Gasteiger partial charge in [0.05, 0.1) is 28.5 Å². The summed E-state index contributed by atoms with van der Waals surface area (Å²) in [7, 11) is 0. The Bertz CT molecular complexity index is 1410. The van der Waals surface area contributed by atoms with Crippen molar-refractivity contribution in [2.24, 2.45) is 0 Å². The van der Waals surface area contributed by atoms with Crippen molar-refractivity contribution < 1.29 is 24.0 Å². The molecule has 1 aliphatic heterocycles. The largest absolute Gasteiger partial charge is 0.462 e. The highest BCUT2D eigenvalue weighted by Crippen LogP contribution is 2.35. The molecule has 0 N–H and O–H groups in total. The minimum Gasteiger partial charge on any atom is -0.462 e. The summed E-state index contributed by atoms with van der Waals surface area (Å²) in [6.07, 6.45) is 1.66. The molecular weight excluding hydrogens is 482 g/mol. The Morgan fingerprint density at radius 2 is 1.81 bits per heavy atom. The Balaban J connectivity index is 1.59. The predicted molar refractivity (Wildman–Crippen MR) is 136 cm³/mol. The van der Waals surface area contributed by atoms with E-state index < -0.39 is 16.1 Å². The summed E-state index contributed by atoms with van der Waals surface area (Å²) < 4.78 is 7.01. The first-order chi connectivity index (χ1) is 17.2. The third kappa shape index (κ3) is 4.80. The quantitative estimate of drug-likeness (QED) is 0.182. The average Bonchev–Trinajstić information content (AvgIpc) is 3.28. The predicted octanol–water partition coefficient (Wildman–Crippen LogP) is 5.42. The molecule has 0 bridgehead atoms. The topological polar surface area (TPSA) is 112 Å². The molecule has 10 heteroatoms. The molecule has 0 atom stereocenters. The van der Waals surface area contributed by atoms with Crippen LogP contribution in [0.2, 0.25) is 0 Å². The van der Waals surface area contributed by atoms with Crippen LogP contribution in [0.5, 0.6) is 0 Å². The first-order valence-corrected chi connectivity index (χ1v) is 12.0. The molecule has 0 saturated carbocycles. The zero-order valence-electron chi connectivity index (χ0n) is 19.9. The molecule has 0 radical (unpaired) electrons. The van der Waals surface area contributed by atoms with Crippen molar-refractivity contribution >= 4 is 40.6 Å². The second kappa shape index (κ2) is 10.2. The number of para-hydroxylation sites is 1. The normalized spacial score (nSPS) is 14.5.